The third-order valence-electron chi connectivity index (χ3n) is 4.65. The quantitative estimate of drug-likeness (QED) is 0.894. The van der Waals surface area contributed by atoms with Gasteiger partial charge in [-0.3, -0.25) is 9.89 Å². The van der Waals surface area contributed by atoms with E-state index in [2.05, 4.69) is 36.3 Å². The summed E-state index contributed by atoms with van der Waals surface area (Å²) in [7, 11) is 3.24. The number of carbonyl (C=O) groups is 1. The van der Waals surface area contributed by atoms with Crippen molar-refractivity contribution in [3.63, 3.8) is 0 Å². The highest BCUT2D eigenvalue weighted by atomic mass is 16.5. The van der Waals surface area contributed by atoms with Crippen LogP contribution in [0.4, 0.5) is 0 Å². The van der Waals surface area contributed by atoms with Crippen LogP contribution in [0.15, 0.2) is 18.2 Å². The number of rotatable bonds is 4. The number of aromatic amines is 1. The summed E-state index contributed by atoms with van der Waals surface area (Å²) in [4.78, 5) is 12.6. The monoisotopic (exact) mass is 343 g/mol. The number of benzene rings is 1. The SMILES string of the molecule is COc1cc2c(cc1OC)[C@@H](NC(=O)c1cc(C(C)(C)C)[nH]n1)CC2. The Labute approximate surface area is 147 Å². The van der Waals surface area contributed by atoms with Crippen LogP contribution in [0.3, 0.4) is 0 Å². The van der Waals surface area contributed by atoms with E-state index in [1.54, 1.807) is 14.2 Å². The third kappa shape index (κ3) is 3.34. The van der Waals surface area contributed by atoms with Gasteiger partial charge in [-0.2, -0.15) is 5.10 Å². The van der Waals surface area contributed by atoms with Crippen LogP contribution in [0, 0.1) is 0 Å². The number of aromatic nitrogens is 2. The van der Waals surface area contributed by atoms with Gasteiger partial charge in [0.1, 0.15) is 5.69 Å². The van der Waals surface area contributed by atoms with Gasteiger partial charge in [-0.1, -0.05) is 20.8 Å². The molecular weight excluding hydrogens is 318 g/mol. The number of hydrogen-bond acceptors (Lipinski definition) is 4. The topological polar surface area (TPSA) is 76.2 Å². The molecule has 0 aliphatic heterocycles. The molecule has 1 aromatic carbocycles. The molecule has 25 heavy (non-hydrogen) atoms. The maximum atomic E-state index is 12.6. The van der Waals surface area contributed by atoms with Gasteiger partial charge in [0.2, 0.25) is 0 Å². The van der Waals surface area contributed by atoms with Crippen molar-refractivity contribution in [1.29, 1.82) is 0 Å². The number of nitrogens with one attached hydrogen (secondary N) is 2. The second kappa shape index (κ2) is 6.43. The van der Waals surface area contributed by atoms with Crippen molar-refractivity contribution < 1.29 is 14.3 Å². The molecule has 1 aromatic heterocycles. The average Bonchev–Trinajstić information content (AvgIpc) is 3.20. The normalized spacial score (nSPS) is 16.4. The van der Waals surface area contributed by atoms with E-state index in [9.17, 15) is 4.79 Å². The van der Waals surface area contributed by atoms with E-state index in [0.717, 1.165) is 29.8 Å². The summed E-state index contributed by atoms with van der Waals surface area (Å²) in [6.45, 7) is 6.24. The summed E-state index contributed by atoms with van der Waals surface area (Å²) in [6.07, 6.45) is 1.75. The molecule has 1 atom stereocenters. The zero-order valence-corrected chi connectivity index (χ0v) is 15.4. The van der Waals surface area contributed by atoms with Crippen LogP contribution in [0.5, 0.6) is 11.5 Å². The Morgan fingerprint density at radius 2 is 1.88 bits per heavy atom. The first-order chi connectivity index (χ1) is 11.8. The van der Waals surface area contributed by atoms with Crippen LogP contribution in [-0.2, 0) is 11.8 Å². The highest BCUT2D eigenvalue weighted by Crippen LogP contribution is 2.39. The molecule has 2 aromatic rings. The molecular formula is C19H25N3O3. The van der Waals surface area contributed by atoms with E-state index in [4.69, 9.17) is 9.47 Å². The molecule has 0 saturated carbocycles. The van der Waals surface area contributed by atoms with Gasteiger partial charge in [0, 0.05) is 11.1 Å². The van der Waals surface area contributed by atoms with Crippen LogP contribution >= 0.6 is 0 Å². The van der Waals surface area contributed by atoms with Crippen molar-refractivity contribution >= 4 is 5.91 Å². The van der Waals surface area contributed by atoms with E-state index in [1.807, 2.05) is 18.2 Å². The number of methoxy groups -OCH3 is 2. The lowest BCUT2D eigenvalue weighted by atomic mass is 9.92. The Morgan fingerprint density at radius 3 is 2.48 bits per heavy atom. The maximum absolute atomic E-state index is 12.6. The molecule has 0 spiro atoms. The standard InChI is InChI=1S/C19H25N3O3/c1-19(2,3)17-10-14(21-22-17)18(23)20-13-7-6-11-8-15(24-4)16(25-5)9-12(11)13/h8-10,13H,6-7H2,1-5H3,(H,20,23)(H,21,22)/t13-/m0/s1. The van der Waals surface area contributed by atoms with E-state index in [1.165, 1.54) is 5.56 Å². The van der Waals surface area contributed by atoms with Gasteiger partial charge in [-0.25, -0.2) is 0 Å². The van der Waals surface area contributed by atoms with Crippen molar-refractivity contribution in [3.05, 3.63) is 40.7 Å². The summed E-state index contributed by atoms with van der Waals surface area (Å²) in [5.74, 6) is 1.23. The van der Waals surface area contributed by atoms with E-state index < -0.39 is 0 Å². The lowest BCUT2D eigenvalue weighted by Crippen LogP contribution is -2.27. The Kier molecular flexibility index (Phi) is 4.45. The fraction of sp³-hybridized carbons (Fsp3) is 0.474. The van der Waals surface area contributed by atoms with Crippen LogP contribution in [-0.4, -0.2) is 30.3 Å². The Morgan fingerprint density at radius 1 is 1.20 bits per heavy atom. The number of nitrogens with zero attached hydrogens (tertiary/aromatic N) is 1. The van der Waals surface area contributed by atoms with Crippen molar-refractivity contribution in [2.45, 2.75) is 45.1 Å². The summed E-state index contributed by atoms with van der Waals surface area (Å²) < 4.78 is 10.7. The van der Waals surface area contributed by atoms with Crippen molar-refractivity contribution in [3.8, 4) is 11.5 Å². The largest absolute Gasteiger partial charge is 0.493 e. The minimum Gasteiger partial charge on any atom is -0.493 e. The molecule has 0 radical (unpaired) electrons. The molecule has 1 heterocycles. The summed E-state index contributed by atoms with van der Waals surface area (Å²) in [5.41, 5.74) is 3.54. The Hall–Kier alpha value is -2.50. The van der Waals surface area contributed by atoms with Crippen LogP contribution in [0.1, 0.15) is 60.5 Å². The van der Waals surface area contributed by atoms with Crippen LogP contribution in [0.25, 0.3) is 0 Å². The smallest absolute Gasteiger partial charge is 0.272 e. The zero-order valence-electron chi connectivity index (χ0n) is 15.4. The highest BCUT2D eigenvalue weighted by Gasteiger charge is 2.28. The van der Waals surface area contributed by atoms with E-state index >= 15 is 0 Å². The van der Waals surface area contributed by atoms with Crippen molar-refractivity contribution in [2.24, 2.45) is 0 Å². The first kappa shape index (κ1) is 17.3. The van der Waals surface area contributed by atoms with Gasteiger partial charge in [0.15, 0.2) is 11.5 Å². The minimum atomic E-state index is -0.167. The average molecular weight is 343 g/mol. The van der Waals surface area contributed by atoms with Gasteiger partial charge in [0.25, 0.3) is 5.91 Å². The lowest BCUT2D eigenvalue weighted by Gasteiger charge is -2.16. The molecule has 0 saturated heterocycles. The lowest BCUT2D eigenvalue weighted by molar-refractivity contribution is 0.0931. The number of amides is 1. The summed E-state index contributed by atoms with van der Waals surface area (Å²) in [5, 5.41) is 10.2. The van der Waals surface area contributed by atoms with Gasteiger partial charge in [0.05, 0.1) is 20.3 Å². The van der Waals surface area contributed by atoms with Gasteiger partial charge >= 0.3 is 0 Å². The molecule has 6 nitrogen and oxygen atoms in total. The Bertz CT molecular complexity index is 790. The van der Waals surface area contributed by atoms with E-state index in [-0.39, 0.29) is 17.4 Å². The minimum absolute atomic E-state index is 0.0444. The molecule has 0 fully saturated rings. The fourth-order valence-electron chi connectivity index (χ4n) is 3.14. The highest BCUT2D eigenvalue weighted by molar-refractivity contribution is 5.92. The number of ether oxygens (including phenoxy) is 2. The molecule has 6 heteroatoms. The molecule has 0 unspecified atom stereocenters. The number of hydrogen-bond donors (Lipinski definition) is 2. The van der Waals surface area contributed by atoms with Gasteiger partial charge < -0.3 is 14.8 Å². The summed E-state index contributed by atoms with van der Waals surface area (Å²) >= 11 is 0. The first-order valence-electron chi connectivity index (χ1n) is 8.45. The van der Waals surface area contributed by atoms with Gasteiger partial charge in [-0.05, 0) is 42.2 Å². The molecule has 0 bridgehead atoms. The second-order valence-electron chi connectivity index (χ2n) is 7.39. The second-order valence-corrected chi connectivity index (χ2v) is 7.39. The molecule has 3 rings (SSSR count). The predicted octanol–water partition coefficient (Wildman–Crippen LogP) is 3.14. The molecule has 1 amide bonds. The number of aryl methyl sites for hydroxylation is 1. The van der Waals surface area contributed by atoms with Crippen LogP contribution < -0.4 is 14.8 Å². The van der Waals surface area contributed by atoms with Crippen molar-refractivity contribution in [1.82, 2.24) is 15.5 Å². The van der Waals surface area contributed by atoms with Gasteiger partial charge in [-0.15, -0.1) is 0 Å². The third-order valence-corrected chi connectivity index (χ3v) is 4.65. The number of H-pyrrole nitrogens is 1. The van der Waals surface area contributed by atoms with Crippen LogP contribution in [0.2, 0.25) is 0 Å². The number of fused-ring (bicyclic) bond motifs is 1. The van der Waals surface area contributed by atoms with E-state index in [0.29, 0.717) is 11.4 Å². The zero-order chi connectivity index (χ0) is 18.2. The number of carbonyl (C=O) groups excluding carboxylic acids is 1. The Balaban J connectivity index is 1.80. The molecule has 1 aliphatic rings. The van der Waals surface area contributed by atoms with Crippen molar-refractivity contribution in [2.75, 3.05) is 14.2 Å². The molecule has 1 aliphatic carbocycles. The molecule has 2 N–H and O–H groups in total. The maximum Gasteiger partial charge on any atom is 0.272 e. The molecule has 134 valence electrons. The summed E-state index contributed by atoms with van der Waals surface area (Å²) in [6, 6.07) is 5.72. The predicted molar refractivity (Wildman–Crippen MR) is 95.4 cm³/mol. The fourth-order valence-corrected chi connectivity index (χ4v) is 3.14. The first-order valence-corrected chi connectivity index (χ1v) is 8.45.